The Labute approximate surface area is 177 Å². The molecule has 3 fully saturated rings. The number of hydrogen-bond donors (Lipinski definition) is 0. The van der Waals surface area contributed by atoms with Crippen molar-refractivity contribution in [1.82, 2.24) is 0 Å². The van der Waals surface area contributed by atoms with Gasteiger partial charge in [-0.05, 0) is 74.3 Å². The summed E-state index contributed by atoms with van der Waals surface area (Å²) in [5, 5.41) is 0.713. The molecule has 29 heavy (non-hydrogen) atoms. The monoisotopic (exact) mass is 416 g/mol. The Bertz CT molecular complexity index is 903. The molecule has 0 bridgehead atoms. The van der Waals surface area contributed by atoms with E-state index in [2.05, 4.69) is 19.9 Å². The number of esters is 1. The van der Waals surface area contributed by atoms with Crippen LogP contribution in [0.15, 0.2) is 22.8 Å². The minimum atomic E-state index is -1.03. The number of carbonyl (C=O) groups excluding carboxylic acids is 3. The van der Waals surface area contributed by atoms with Crippen LogP contribution in [0.2, 0.25) is 0 Å². The molecule has 8 atom stereocenters. The van der Waals surface area contributed by atoms with Crippen LogP contribution < -0.4 is 0 Å². The lowest BCUT2D eigenvalue weighted by atomic mass is 9.47. The number of ketones is 2. The van der Waals surface area contributed by atoms with Gasteiger partial charge in [-0.3, -0.25) is 14.4 Å². The van der Waals surface area contributed by atoms with Crippen molar-refractivity contribution in [3.05, 3.63) is 22.8 Å². The molecule has 2 unspecified atom stereocenters. The molecule has 0 amide bonds. The number of rotatable bonds is 2. The van der Waals surface area contributed by atoms with Gasteiger partial charge < -0.3 is 4.74 Å². The van der Waals surface area contributed by atoms with E-state index in [1.54, 1.807) is 6.92 Å². The third-order valence-corrected chi connectivity index (χ3v) is 9.83. The third kappa shape index (κ3) is 2.24. The number of hydrogen-bond acceptors (Lipinski definition) is 4. The molecular formula is C24H29ClO4. The summed E-state index contributed by atoms with van der Waals surface area (Å²) in [6.07, 6.45) is 8.18. The normalized spacial score (nSPS) is 49.7. The van der Waals surface area contributed by atoms with E-state index in [9.17, 15) is 14.4 Å². The van der Waals surface area contributed by atoms with Gasteiger partial charge in [0.2, 0.25) is 0 Å². The van der Waals surface area contributed by atoms with Crippen LogP contribution in [-0.2, 0) is 19.1 Å². The minimum Gasteiger partial charge on any atom is -0.451 e. The largest absolute Gasteiger partial charge is 0.451 e. The van der Waals surface area contributed by atoms with Crippen LogP contribution >= 0.6 is 11.6 Å². The molecule has 5 aliphatic carbocycles. The average molecular weight is 417 g/mol. The van der Waals surface area contributed by atoms with Gasteiger partial charge in [0.05, 0.1) is 0 Å². The third-order valence-electron chi connectivity index (χ3n) is 9.50. The zero-order chi connectivity index (χ0) is 20.9. The molecule has 0 spiro atoms. The van der Waals surface area contributed by atoms with Crippen molar-refractivity contribution in [1.29, 1.82) is 0 Å². The summed E-state index contributed by atoms with van der Waals surface area (Å²) in [6.45, 7) is 7.42. The van der Waals surface area contributed by atoms with E-state index in [4.69, 9.17) is 16.3 Å². The maximum atomic E-state index is 12.8. The van der Waals surface area contributed by atoms with E-state index in [-0.39, 0.29) is 46.1 Å². The molecule has 0 aliphatic heterocycles. The molecular weight excluding hydrogens is 388 g/mol. The Kier molecular flexibility index (Phi) is 3.93. The first-order valence-electron chi connectivity index (χ1n) is 10.9. The van der Waals surface area contributed by atoms with Crippen molar-refractivity contribution >= 4 is 29.1 Å². The van der Waals surface area contributed by atoms with E-state index in [1.165, 1.54) is 6.92 Å². The molecule has 0 aromatic rings. The molecule has 5 rings (SSSR count). The molecule has 0 aromatic heterocycles. The maximum Gasteiger partial charge on any atom is 0.303 e. The number of ether oxygens (including phenoxy) is 1. The molecule has 3 saturated carbocycles. The molecule has 5 heteroatoms. The SMILES string of the molecule is CC(=O)O[C@]1(C(C)=O)CC[C@H]2C3C=C(Cl)C4=CC(=O)[C@@H]5C[C@H]5[C@]4(C)C3CC[C@@]21C. The van der Waals surface area contributed by atoms with Crippen molar-refractivity contribution in [3.63, 3.8) is 0 Å². The summed E-state index contributed by atoms with van der Waals surface area (Å²) >= 11 is 6.79. The molecule has 0 aromatic carbocycles. The number of Topliss-reactive ketones (excluding diaryl/α,β-unsaturated/α-hetero) is 1. The second-order valence-electron chi connectivity index (χ2n) is 10.5. The lowest BCUT2D eigenvalue weighted by Crippen LogP contribution is -2.58. The van der Waals surface area contributed by atoms with Crippen molar-refractivity contribution in [2.75, 3.05) is 0 Å². The highest BCUT2D eigenvalue weighted by Crippen LogP contribution is 2.72. The molecule has 4 nitrogen and oxygen atoms in total. The van der Waals surface area contributed by atoms with Gasteiger partial charge in [-0.25, -0.2) is 0 Å². The number of halogens is 1. The minimum absolute atomic E-state index is 0.0423. The fourth-order valence-corrected chi connectivity index (χ4v) is 8.43. The predicted octanol–water partition coefficient (Wildman–Crippen LogP) is 4.61. The topological polar surface area (TPSA) is 60.4 Å². The number of carbonyl (C=O) groups is 3. The zero-order valence-corrected chi connectivity index (χ0v) is 18.3. The van der Waals surface area contributed by atoms with E-state index >= 15 is 0 Å². The van der Waals surface area contributed by atoms with Crippen LogP contribution in [0.3, 0.4) is 0 Å². The van der Waals surface area contributed by atoms with Crippen LogP contribution in [0, 0.1) is 40.4 Å². The zero-order valence-electron chi connectivity index (χ0n) is 17.6. The Morgan fingerprint density at radius 1 is 1.10 bits per heavy atom. The molecule has 0 heterocycles. The van der Waals surface area contributed by atoms with Gasteiger partial charge in [-0.2, -0.15) is 0 Å². The molecule has 0 saturated heterocycles. The first kappa shape index (κ1) is 19.5. The highest BCUT2D eigenvalue weighted by atomic mass is 35.5. The van der Waals surface area contributed by atoms with Gasteiger partial charge in [-0.1, -0.05) is 31.5 Å². The Hall–Kier alpha value is -1.42. The van der Waals surface area contributed by atoms with Crippen LogP contribution in [0.5, 0.6) is 0 Å². The summed E-state index contributed by atoms with van der Waals surface area (Å²) in [5.74, 6) is 1.27. The van der Waals surface area contributed by atoms with Gasteiger partial charge in [0.15, 0.2) is 17.2 Å². The smallest absolute Gasteiger partial charge is 0.303 e. The van der Waals surface area contributed by atoms with E-state index in [0.29, 0.717) is 23.3 Å². The van der Waals surface area contributed by atoms with E-state index in [0.717, 1.165) is 31.3 Å². The highest BCUT2D eigenvalue weighted by molar-refractivity contribution is 6.32. The average Bonchev–Trinajstić information content (AvgIpc) is 3.39. The Balaban J connectivity index is 1.60. The summed E-state index contributed by atoms with van der Waals surface area (Å²) in [5.41, 5.74) is -0.455. The molecule has 5 aliphatic rings. The van der Waals surface area contributed by atoms with Crippen LogP contribution in [0.25, 0.3) is 0 Å². The van der Waals surface area contributed by atoms with Gasteiger partial charge in [-0.15, -0.1) is 0 Å². The van der Waals surface area contributed by atoms with E-state index < -0.39 is 5.60 Å². The number of fused-ring (bicyclic) bond motifs is 7. The standard InChI is InChI=1S/C24H29ClO4/c1-12(26)24(29-13(2)27)8-6-16-14-10-20(25)19-11-21(28)15-9-18(15)23(19,4)17(14)5-7-22(16,24)3/h10-11,14-18H,5-9H2,1-4H3/t14?,15-,16+,17?,18-,22+,23+,24+/m1/s1. The first-order chi connectivity index (χ1) is 13.6. The summed E-state index contributed by atoms with van der Waals surface area (Å²) < 4.78 is 5.82. The predicted molar refractivity (Wildman–Crippen MR) is 109 cm³/mol. The van der Waals surface area contributed by atoms with Crippen LogP contribution in [-0.4, -0.2) is 23.1 Å². The molecule has 0 N–H and O–H groups in total. The fraction of sp³-hybridized carbons (Fsp3) is 0.708. The van der Waals surface area contributed by atoms with Crippen molar-refractivity contribution < 1.29 is 19.1 Å². The van der Waals surface area contributed by atoms with Gasteiger partial charge in [0, 0.05) is 28.7 Å². The van der Waals surface area contributed by atoms with Crippen molar-refractivity contribution in [2.45, 2.75) is 65.4 Å². The summed E-state index contributed by atoms with van der Waals surface area (Å²) in [7, 11) is 0. The second kappa shape index (κ2) is 5.84. The lowest BCUT2D eigenvalue weighted by molar-refractivity contribution is -0.185. The highest BCUT2D eigenvalue weighted by Gasteiger charge is 2.70. The quantitative estimate of drug-likeness (QED) is 0.617. The summed E-state index contributed by atoms with van der Waals surface area (Å²) in [6, 6.07) is 0. The van der Waals surface area contributed by atoms with Crippen LogP contribution in [0.1, 0.15) is 59.8 Å². The molecule has 156 valence electrons. The Morgan fingerprint density at radius 2 is 1.79 bits per heavy atom. The summed E-state index contributed by atoms with van der Waals surface area (Å²) in [4.78, 5) is 37.1. The lowest BCUT2D eigenvalue weighted by Gasteiger charge is -2.57. The van der Waals surface area contributed by atoms with E-state index in [1.807, 2.05) is 6.08 Å². The van der Waals surface area contributed by atoms with Crippen LogP contribution in [0.4, 0.5) is 0 Å². The Morgan fingerprint density at radius 3 is 2.45 bits per heavy atom. The first-order valence-corrected chi connectivity index (χ1v) is 11.3. The maximum absolute atomic E-state index is 12.8. The van der Waals surface area contributed by atoms with Gasteiger partial charge >= 0.3 is 5.97 Å². The van der Waals surface area contributed by atoms with Crippen molar-refractivity contribution in [3.8, 4) is 0 Å². The molecule has 0 radical (unpaired) electrons. The second-order valence-corrected chi connectivity index (χ2v) is 10.9. The fourth-order valence-electron chi connectivity index (χ4n) is 8.03. The van der Waals surface area contributed by atoms with Crippen molar-refractivity contribution in [2.24, 2.45) is 40.4 Å². The number of allylic oxidation sites excluding steroid dienone is 4. The van der Waals surface area contributed by atoms with Gasteiger partial charge in [0.25, 0.3) is 0 Å². The van der Waals surface area contributed by atoms with Gasteiger partial charge in [0.1, 0.15) is 0 Å².